The summed E-state index contributed by atoms with van der Waals surface area (Å²) in [6.45, 7) is 4.90. The van der Waals surface area contributed by atoms with Crippen molar-refractivity contribution in [1.82, 2.24) is 0 Å². The smallest absolute Gasteiger partial charge is 0.457 e. The minimum Gasteiger partial charge on any atom is -0.457 e. The Labute approximate surface area is 395 Å². The standard InChI is InChI=1S/C55H102NO7P/c1-3-5-7-9-11-13-15-17-19-21-23-25-26-27-29-31-33-35-37-39-41-43-45-47-50-60-52-54(53-62-64(58,59)61-51-49-56)63-55(57)48-46-44-42-40-38-36-34-32-30-28-24-22-20-18-16-14-12-10-8-6-4-2/h15-18,21-24,30,32,54H,3-14,19-20,25-29,31,33-53,56H2,1-2H3,(H,58,59)/b17-15-,18-16-,23-21-,24-22-,32-30-. The summed E-state index contributed by atoms with van der Waals surface area (Å²) in [5, 5.41) is 0. The SMILES string of the molecule is CCCCCCC/C=C\C/C=C\C/C=C\CCCCCCCCC(=O)OC(COCCCCCCCCCCCCCC/C=C\C/C=C\CCCCCCC)COP(=O)(O)OCCN. The normalized spacial score (nSPS) is 13.8. The van der Waals surface area contributed by atoms with Crippen LogP contribution in [0.2, 0.25) is 0 Å². The zero-order chi connectivity index (χ0) is 46.5. The Morgan fingerprint density at radius 3 is 1.23 bits per heavy atom. The van der Waals surface area contributed by atoms with Crippen LogP contribution in [0.25, 0.3) is 0 Å². The van der Waals surface area contributed by atoms with E-state index in [-0.39, 0.29) is 32.3 Å². The molecule has 0 rings (SSSR count). The van der Waals surface area contributed by atoms with E-state index in [4.69, 9.17) is 24.3 Å². The van der Waals surface area contributed by atoms with Gasteiger partial charge in [-0.3, -0.25) is 13.8 Å². The van der Waals surface area contributed by atoms with Gasteiger partial charge in [-0.25, -0.2) is 4.57 Å². The number of nitrogens with two attached hydrogens (primary N) is 1. The lowest BCUT2D eigenvalue weighted by molar-refractivity contribution is -0.154. The lowest BCUT2D eigenvalue weighted by Crippen LogP contribution is -2.28. The fraction of sp³-hybridized carbons (Fsp3) is 0.800. The Morgan fingerprint density at radius 1 is 0.469 bits per heavy atom. The van der Waals surface area contributed by atoms with Gasteiger partial charge < -0.3 is 20.1 Å². The molecule has 0 aromatic rings. The summed E-state index contributed by atoms with van der Waals surface area (Å²) in [5.41, 5.74) is 5.39. The van der Waals surface area contributed by atoms with Crippen LogP contribution in [0, 0.1) is 0 Å². The topological polar surface area (TPSA) is 117 Å². The third kappa shape index (κ3) is 51.2. The first-order valence-corrected chi connectivity index (χ1v) is 28.3. The average Bonchev–Trinajstić information content (AvgIpc) is 3.29. The number of hydrogen-bond donors (Lipinski definition) is 2. The third-order valence-electron chi connectivity index (χ3n) is 11.4. The van der Waals surface area contributed by atoms with Crippen LogP contribution < -0.4 is 5.73 Å². The predicted molar refractivity (Wildman–Crippen MR) is 275 cm³/mol. The van der Waals surface area contributed by atoms with Crippen LogP contribution in [0.5, 0.6) is 0 Å². The molecule has 64 heavy (non-hydrogen) atoms. The molecule has 0 bridgehead atoms. The van der Waals surface area contributed by atoms with Crippen molar-refractivity contribution in [2.24, 2.45) is 5.73 Å². The van der Waals surface area contributed by atoms with E-state index in [1.54, 1.807) is 0 Å². The van der Waals surface area contributed by atoms with Crippen molar-refractivity contribution >= 4 is 13.8 Å². The summed E-state index contributed by atoms with van der Waals surface area (Å²) < 4.78 is 33.6. The lowest BCUT2D eigenvalue weighted by Gasteiger charge is -2.20. The zero-order valence-corrected chi connectivity index (χ0v) is 42.7. The highest BCUT2D eigenvalue weighted by atomic mass is 31.2. The number of hydrogen-bond acceptors (Lipinski definition) is 7. The van der Waals surface area contributed by atoms with E-state index < -0.39 is 13.9 Å². The van der Waals surface area contributed by atoms with Crippen molar-refractivity contribution in [2.45, 2.75) is 251 Å². The van der Waals surface area contributed by atoms with Gasteiger partial charge in [-0.05, 0) is 83.5 Å². The van der Waals surface area contributed by atoms with Gasteiger partial charge in [0.15, 0.2) is 0 Å². The van der Waals surface area contributed by atoms with Gasteiger partial charge in [0.05, 0.1) is 19.8 Å². The van der Waals surface area contributed by atoms with Gasteiger partial charge in [0, 0.05) is 19.6 Å². The van der Waals surface area contributed by atoms with Crippen molar-refractivity contribution in [1.29, 1.82) is 0 Å². The number of phosphoric acid groups is 1. The number of rotatable bonds is 51. The van der Waals surface area contributed by atoms with Gasteiger partial charge in [-0.15, -0.1) is 0 Å². The Balaban J connectivity index is 3.95. The van der Waals surface area contributed by atoms with E-state index in [2.05, 4.69) is 74.6 Å². The van der Waals surface area contributed by atoms with Gasteiger partial charge in [-0.1, -0.05) is 216 Å². The summed E-state index contributed by atoms with van der Waals surface area (Å²) >= 11 is 0. The summed E-state index contributed by atoms with van der Waals surface area (Å²) in [4.78, 5) is 22.6. The highest BCUT2D eigenvalue weighted by Crippen LogP contribution is 2.43. The molecule has 2 unspecified atom stereocenters. The number of allylic oxidation sites excluding steroid dienone is 10. The number of carbonyl (C=O) groups is 1. The molecule has 0 heterocycles. The minimum absolute atomic E-state index is 0.0959. The number of esters is 1. The molecule has 0 spiro atoms. The molecule has 374 valence electrons. The molecule has 0 aliphatic heterocycles. The Kier molecular flexibility index (Phi) is 50.7. The van der Waals surface area contributed by atoms with E-state index in [0.717, 1.165) is 64.2 Å². The maximum absolute atomic E-state index is 12.7. The summed E-state index contributed by atoms with van der Waals surface area (Å²) in [6, 6.07) is 0. The van der Waals surface area contributed by atoms with Crippen LogP contribution in [0.15, 0.2) is 60.8 Å². The molecule has 0 aliphatic carbocycles. The third-order valence-corrected chi connectivity index (χ3v) is 12.4. The Hall–Kier alpha value is -1.80. The monoisotopic (exact) mass is 920 g/mol. The largest absolute Gasteiger partial charge is 0.472 e. The summed E-state index contributed by atoms with van der Waals surface area (Å²) in [7, 11) is -4.29. The molecule has 0 radical (unpaired) electrons. The second kappa shape index (κ2) is 52.2. The molecule has 0 aromatic heterocycles. The van der Waals surface area contributed by atoms with Crippen LogP contribution in [-0.4, -0.2) is 49.9 Å². The van der Waals surface area contributed by atoms with Crippen molar-refractivity contribution in [3.63, 3.8) is 0 Å². The van der Waals surface area contributed by atoms with Gasteiger partial charge in [0.25, 0.3) is 0 Å². The fourth-order valence-electron chi connectivity index (χ4n) is 7.45. The molecule has 9 heteroatoms. The number of ether oxygens (including phenoxy) is 2. The molecular weight excluding hydrogens is 818 g/mol. The molecular formula is C55H102NO7P. The summed E-state index contributed by atoms with van der Waals surface area (Å²) in [5.74, 6) is -0.342. The molecule has 0 fully saturated rings. The minimum atomic E-state index is -4.29. The first-order valence-electron chi connectivity index (χ1n) is 26.8. The van der Waals surface area contributed by atoms with E-state index in [1.807, 2.05) is 0 Å². The van der Waals surface area contributed by atoms with Crippen LogP contribution in [0.1, 0.15) is 245 Å². The highest BCUT2D eigenvalue weighted by Gasteiger charge is 2.25. The van der Waals surface area contributed by atoms with Crippen LogP contribution >= 0.6 is 7.82 Å². The molecule has 0 aliphatic rings. The van der Waals surface area contributed by atoms with Crippen molar-refractivity contribution < 1.29 is 32.8 Å². The van der Waals surface area contributed by atoms with E-state index in [9.17, 15) is 14.3 Å². The van der Waals surface area contributed by atoms with Gasteiger partial charge in [0.1, 0.15) is 6.10 Å². The van der Waals surface area contributed by atoms with Gasteiger partial charge in [0.2, 0.25) is 0 Å². The maximum Gasteiger partial charge on any atom is 0.472 e. The molecule has 2 atom stereocenters. The van der Waals surface area contributed by atoms with Crippen molar-refractivity contribution in [2.75, 3.05) is 33.0 Å². The number of unbranched alkanes of at least 4 members (excludes halogenated alkanes) is 28. The van der Waals surface area contributed by atoms with E-state index in [1.165, 1.54) is 161 Å². The van der Waals surface area contributed by atoms with Crippen molar-refractivity contribution in [3.05, 3.63) is 60.8 Å². The number of phosphoric ester groups is 1. The second-order valence-electron chi connectivity index (χ2n) is 17.7. The van der Waals surface area contributed by atoms with Crippen LogP contribution in [0.3, 0.4) is 0 Å². The van der Waals surface area contributed by atoms with Crippen molar-refractivity contribution in [3.8, 4) is 0 Å². The van der Waals surface area contributed by atoms with E-state index in [0.29, 0.717) is 13.0 Å². The van der Waals surface area contributed by atoms with E-state index >= 15 is 0 Å². The Morgan fingerprint density at radius 2 is 0.828 bits per heavy atom. The predicted octanol–water partition coefficient (Wildman–Crippen LogP) is 16.9. The van der Waals surface area contributed by atoms with Gasteiger partial charge in [-0.2, -0.15) is 0 Å². The molecule has 8 nitrogen and oxygen atoms in total. The first kappa shape index (κ1) is 62.2. The number of carbonyl (C=O) groups excluding carboxylic acids is 1. The maximum atomic E-state index is 12.7. The van der Waals surface area contributed by atoms with Crippen LogP contribution in [-0.2, 0) is 27.9 Å². The average molecular weight is 920 g/mol. The molecule has 0 amide bonds. The molecule has 0 saturated carbocycles. The highest BCUT2D eigenvalue weighted by molar-refractivity contribution is 7.47. The molecule has 0 aromatic carbocycles. The fourth-order valence-corrected chi connectivity index (χ4v) is 8.21. The zero-order valence-electron chi connectivity index (χ0n) is 41.8. The first-order chi connectivity index (χ1) is 31.4. The molecule has 3 N–H and O–H groups in total. The second-order valence-corrected chi connectivity index (χ2v) is 19.2. The lowest BCUT2D eigenvalue weighted by atomic mass is 10.0. The Bertz CT molecular complexity index is 1170. The quantitative estimate of drug-likeness (QED) is 0.0268. The molecule has 0 saturated heterocycles. The van der Waals surface area contributed by atoms with Crippen LogP contribution in [0.4, 0.5) is 0 Å². The van der Waals surface area contributed by atoms with Gasteiger partial charge >= 0.3 is 13.8 Å². The summed E-state index contributed by atoms with van der Waals surface area (Å²) in [6.07, 6.45) is 65.4.